The lowest BCUT2D eigenvalue weighted by Crippen LogP contribution is -2.38. The van der Waals surface area contributed by atoms with Gasteiger partial charge in [-0.15, -0.1) is 0 Å². The molecule has 0 unspecified atom stereocenters. The van der Waals surface area contributed by atoms with Gasteiger partial charge in [0.15, 0.2) is 28.1 Å². The summed E-state index contributed by atoms with van der Waals surface area (Å²) >= 11 is 5.49. The van der Waals surface area contributed by atoms with Crippen LogP contribution < -0.4 is 28.4 Å². The summed E-state index contributed by atoms with van der Waals surface area (Å²) in [6, 6.07) is 6.15. The molecule has 0 N–H and O–H groups in total. The molecule has 0 bridgehead atoms. The van der Waals surface area contributed by atoms with Crippen molar-refractivity contribution in [3.8, 4) is 34.5 Å². The molecule has 10 nitrogen and oxygen atoms in total. The standard InChI is InChI=1S/C23H26N2O8S/c1-28-15-9-13(10-16(29-2)19(15)32-5)21(26)24-7-8-25(23(24)34)22(27)14-11-17(30-3)20(33-6)18(12-14)31-4/h9-12H,7-8H2,1-6H3. The average molecular weight is 491 g/mol. The van der Waals surface area contributed by atoms with Gasteiger partial charge in [-0.25, -0.2) is 0 Å². The molecule has 0 saturated carbocycles. The Kier molecular flexibility index (Phi) is 7.67. The highest BCUT2D eigenvalue weighted by molar-refractivity contribution is 7.80. The summed E-state index contributed by atoms with van der Waals surface area (Å²) in [5.41, 5.74) is 0.554. The first-order valence-corrected chi connectivity index (χ1v) is 10.5. The summed E-state index contributed by atoms with van der Waals surface area (Å²) in [4.78, 5) is 29.3. The Morgan fingerprint density at radius 2 is 0.912 bits per heavy atom. The molecule has 11 heteroatoms. The minimum Gasteiger partial charge on any atom is -0.493 e. The zero-order valence-electron chi connectivity index (χ0n) is 19.8. The topological polar surface area (TPSA) is 96.0 Å². The van der Waals surface area contributed by atoms with E-state index in [1.165, 1.54) is 76.7 Å². The van der Waals surface area contributed by atoms with Gasteiger partial charge in [0.2, 0.25) is 11.5 Å². The van der Waals surface area contributed by atoms with Crippen LogP contribution in [0.5, 0.6) is 34.5 Å². The van der Waals surface area contributed by atoms with Crippen molar-refractivity contribution in [2.24, 2.45) is 0 Å². The fourth-order valence-corrected chi connectivity index (χ4v) is 3.98. The third-order valence-electron chi connectivity index (χ3n) is 5.32. The van der Waals surface area contributed by atoms with E-state index in [-0.39, 0.29) is 29.3 Å². The predicted molar refractivity (Wildman–Crippen MR) is 127 cm³/mol. The van der Waals surface area contributed by atoms with Crippen LogP contribution in [0, 0.1) is 0 Å². The monoisotopic (exact) mass is 490 g/mol. The van der Waals surface area contributed by atoms with Crippen LogP contribution in [0.25, 0.3) is 0 Å². The first-order valence-electron chi connectivity index (χ1n) is 10.1. The number of carbonyl (C=O) groups excluding carboxylic acids is 2. The third kappa shape index (κ3) is 4.38. The molecule has 34 heavy (non-hydrogen) atoms. The molecular formula is C23H26N2O8S. The largest absolute Gasteiger partial charge is 0.493 e. The highest BCUT2D eigenvalue weighted by atomic mass is 32.1. The molecule has 1 saturated heterocycles. The van der Waals surface area contributed by atoms with Crippen molar-refractivity contribution in [3.63, 3.8) is 0 Å². The zero-order chi connectivity index (χ0) is 25.0. The van der Waals surface area contributed by atoms with Crippen LogP contribution >= 0.6 is 12.2 Å². The Morgan fingerprint density at radius 1 is 0.618 bits per heavy atom. The number of thiocarbonyl (C=S) groups is 1. The Balaban J connectivity index is 1.89. The number of hydrogen-bond acceptors (Lipinski definition) is 9. The van der Waals surface area contributed by atoms with Crippen molar-refractivity contribution in [2.75, 3.05) is 55.7 Å². The minimum atomic E-state index is -0.399. The molecule has 0 aromatic heterocycles. The van der Waals surface area contributed by atoms with Gasteiger partial charge in [0, 0.05) is 24.2 Å². The van der Waals surface area contributed by atoms with Gasteiger partial charge in [0.05, 0.1) is 42.7 Å². The number of ether oxygens (including phenoxy) is 6. The van der Waals surface area contributed by atoms with Crippen molar-refractivity contribution in [2.45, 2.75) is 0 Å². The van der Waals surface area contributed by atoms with Crippen LogP contribution in [0.2, 0.25) is 0 Å². The van der Waals surface area contributed by atoms with E-state index < -0.39 is 11.8 Å². The fraction of sp³-hybridized carbons (Fsp3) is 0.348. The van der Waals surface area contributed by atoms with Crippen LogP contribution in [0.1, 0.15) is 20.7 Å². The first-order chi connectivity index (χ1) is 16.3. The molecule has 0 spiro atoms. The van der Waals surface area contributed by atoms with Gasteiger partial charge in [-0.2, -0.15) is 0 Å². The Bertz CT molecular complexity index is 985. The molecule has 2 aromatic carbocycles. The van der Waals surface area contributed by atoms with Crippen molar-refractivity contribution < 1.29 is 38.0 Å². The number of carbonyl (C=O) groups is 2. The maximum atomic E-state index is 13.3. The summed E-state index contributed by atoms with van der Waals surface area (Å²) in [6.45, 7) is 0.453. The molecule has 0 aliphatic carbocycles. The number of methoxy groups -OCH3 is 6. The lowest BCUT2D eigenvalue weighted by molar-refractivity contribution is 0.0856. The second-order valence-corrected chi connectivity index (χ2v) is 7.39. The molecule has 3 rings (SSSR count). The van der Waals surface area contributed by atoms with Gasteiger partial charge in [-0.1, -0.05) is 0 Å². The summed E-state index contributed by atoms with van der Waals surface area (Å²) < 4.78 is 31.9. The van der Waals surface area contributed by atoms with E-state index in [1.54, 1.807) is 0 Å². The molecule has 182 valence electrons. The highest BCUT2D eigenvalue weighted by Crippen LogP contribution is 2.40. The lowest BCUT2D eigenvalue weighted by Gasteiger charge is -2.21. The van der Waals surface area contributed by atoms with E-state index in [1.807, 2.05) is 0 Å². The molecule has 1 aliphatic heterocycles. The maximum Gasteiger partial charge on any atom is 0.260 e. The molecular weight excluding hydrogens is 464 g/mol. The lowest BCUT2D eigenvalue weighted by atomic mass is 10.1. The van der Waals surface area contributed by atoms with Crippen LogP contribution in [0.3, 0.4) is 0 Å². The van der Waals surface area contributed by atoms with Crippen molar-refractivity contribution in [1.29, 1.82) is 0 Å². The van der Waals surface area contributed by atoms with E-state index in [0.29, 0.717) is 34.5 Å². The van der Waals surface area contributed by atoms with Crippen molar-refractivity contribution in [3.05, 3.63) is 35.4 Å². The molecule has 2 aromatic rings. The Hall–Kier alpha value is -3.73. The fourth-order valence-electron chi connectivity index (χ4n) is 3.63. The molecule has 1 aliphatic rings. The molecule has 1 fully saturated rings. The quantitative estimate of drug-likeness (QED) is 0.518. The Labute approximate surface area is 202 Å². The number of nitrogens with zero attached hydrogens (tertiary/aromatic N) is 2. The van der Waals surface area contributed by atoms with Crippen LogP contribution in [0.15, 0.2) is 24.3 Å². The van der Waals surface area contributed by atoms with Gasteiger partial charge in [0.25, 0.3) is 11.8 Å². The van der Waals surface area contributed by atoms with Crippen molar-refractivity contribution in [1.82, 2.24) is 9.80 Å². The molecule has 2 amide bonds. The molecule has 0 atom stereocenters. The number of hydrogen-bond donors (Lipinski definition) is 0. The van der Waals surface area contributed by atoms with Gasteiger partial charge in [-0.05, 0) is 36.5 Å². The van der Waals surface area contributed by atoms with E-state index in [2.05, 4.69) is 0 Å². The first kappa shape index (κ1) is 24.9. The summed E-state index contributed by atoms with van der Waals surface area (Å²) in [7, 11) is 8.80. The van der Waals surface area contributed by atoms with Crippen LogP contribution in [-0.2, 0) is 0 Å². The number of amides is 2. The third-order valence-corrected chi connectivity index (χ3v) is 5.76. The van der Waals surface area contributed by atoms with E-state index in [4.69, 9.17) is 40.6 Å². The van der Waals surface area contributed by atoms with Crippen LogP contribution in [0.4, 0.5) is 0 Å². The SMILES string of the molecule is COc1cc(C(=O)N2CCN(C(=O)c3cc(OC)c(OC)c(OC)c3)C2=S)cc(OC)c1OC. The van der Waals surface area contributed by atoms with Gasteiger partial charge in [0.1, 0.15) is 0 Å². The maximum absolute atomic E-state index is 13.3. The van der Waals surface area contributed by atoms with Crippen molar-refractivity contribution >= 4 is 29.1 Å². The molecule has 1 heterocycles. The van der Waals surface area contributed by atoms with Gasteiger partial charge < -0.3 is 28.4 Å². The number of benzene rings is 2. The van der Waals surface area contributed by atoms with E-state index in [0.717, 1.165) is 0 Å². The Morgan fingerprint density at radius 3 is 1.15 bits per heavy atom. The molecule has 0 radical (unpaired) electrons. The second kappa shape index (κ2) is 10.5. The van der Waals surface area contributed by atoms with Gasteiger partial charge >= 0.3 is 0 Å². The predicted octanol–water partition coefficient (Wildman–Crippen LogP) is 2.62. The smallest absolute Gasteiger partial charge is 0.260 e. The summed E-state index contributed by atoms with van der Waals surface area (Å²) in [5, 5.41) is 0.0810. The van der Waals surface area contributed by atoms with Crippen LogP contribution in [-0.4, -0.2) is 82.5 Å². The second-order valence-electron chi connectivity index (χ2n) is 7.02. The summed E-state index contributed by atoms with van der Waals surface area (Å²) in [6.07, 6.45) is 0. The normalized spacial score (nSPS) is 12.9. The number of rotatable bonds is 8. The zero-order valence-corrected chi connectivity index (χ0v) is 20.6. The van der Waals surface area contributed by atoms with E-state index >= 15 is 0 Å². The van der Waals surface area contributed by atoms with E-state index in [9.17, 15) is 9.59 Å². The average Bonchev–Trinajstić information content (AvgIpc) is 3.26. The highest BCUT2D eigenvalue weighted by Gasteiger charge is 2.36. The summed E-state index contributed by atoms with van der Waals surface area (Å²) in [5.74, 6) is 1.27. The van der Waals surface area contributed by atoms with Gasteiger partial charge in [-0.3, -0.25) is 19.4 Å². The minimum absolute atomic E-state index is 0.0810.